The fraction of sp³-hybridized carbons (Fsp3) is 0.417. The van der Waals surface area contributed by atoms with E-state index < -0.39 is 21.8 Å². The summed E-state index contributed by atoms with van der Waals surface area (Å²) < 4.78 is 22.9. The highest BCUT2D eigenvalue weighted by molar-refractivity contribution is 7.91. The van der Waals surface area contributed by atoms with Gasteiger partial charge in [-0.2, -0.15) is 0 Å². The first kappa shape index (κ1) is 13.7. The van der Waals surface area contributed by atoms with Crippen molar-refractivity contribution in [3.05, 3.63) is 23.8 Å². The van der Waals surface area contributed by atoms with Crippen LogP contribution in [0.2, 0.25) is 0 Å². The molecule has 1 amide bonds. The second-order valence-electron chi connectivity index (χ2n) is 4.67. The number of rotatable bonds is 2. The second kappa shape index (κ2) is 5.08. The number of aromatic hydroxyl groups is 2. The molecule has 19 heavy (non-hydrogen) atoms. The monoisotopic (exact) mass is 285 g/mol. The molecule has 0 bridgehead atoms. The van der Waals surface area contributed by atoms with Crippen molar-refractivity contribution in [2.45, 2.75) is 18.9 Å². The zero-order valence-corrected chi connectivity index (χ0v) is 11.0. The number of amides is 1. The molecular formula is C12H15NO5S. The van der Waals surface area contributed by atoms with E-state index in [1.54, 1.807) is 0 Å². The Labute approximate surface area is 111 Å². The summed E-state index contributed by atoms with van der Waals surface area (Å²) >= 11 is 0. The van der Waals surface area contributed by atoms with Gasteiger partial charge in [0.1, 0.15) is 11.5 Å². The third kappa shape index (κ3) is 3.60. The van der Waals surface area contributed by atoms with Crippen LogP contribution < -0.4 is 5.32 Å². The average molecular weight is 285 g/mol. The molecule has 1 heterocycles. The standard InChI is InChI=1S/C12H15NO5S/c14-10-4-8(5-11(15)6-10)12(16)13-9-2-1-3-19(17,18)7-9/h4-6,9,14-15H,1-3,7H2,(H,13,16). The predicted molar refractivity (Wildman–Crippen MR) is 68.9 cm³/mol. The Morgan fingerprint density at radius 2 is 1.84 bits per heavy atom. The number of benzene rings is 1. The number of carbonyl (C=O) groups is 1. The van der Waals surface area contributed by atoms with Crippen molar-refractivity contribution < 1.29 is 23.4 Å². The highest BCUT2D eigenvalue weighted by Crippen LogP contribution is 2.21. The number of phenols is 2. The van der Waals surface area contributed by atoms with Crippen LogP contribution in [-0.2, 0) is 9.84 Å². The zero-order valence-electron chi connectivity index (χ0n) is 10.2. The molecule has 7 heteroatoms. The van der Waals surface area contributed by atoms with Gasteiger partial charge >= 0.3 is 0 Å². The first-order chi connectivity index (χ1) is 8.85. The van der Waals surface area contributed by atoms with Gasteiger partial charge in [0.2, 0.25) is 0 Å². The summed E-state index contributed by atoms with van der Waals surface area (Å²) in [6.45, 7) is 0. The van der Waals surface area contributed by atoms with E-state index in [4.69, 9.17) is 0 Å². The fourth-order valence-electron chi connectivity index (χ4n) is 2.13. The maximum atomic E-state index is 11.9. The summed E-state index contributed by atoms with van der Waals surface area (Å²) in [5.41, 5.74) is 0.0977. The highest BCUT2D eigenvalue weighted by Gasteiger charge is 2.26. The zero-order chi connectivity index (χ0) is 14.0. The normalized spacial score (nSPS) is 21.8. The lowest BCUT2D eigenvalue weighted by atomic mass is 10.1. The minimum atomic E-state index is -3.09. The molecule has 6 nitrogen and oxygen atoms in total. The third-order valence-electron chi connectivity index (χ3n) is 2.96. The Morgan fingerprint density at radius 3 is 2.42 bits per heavy atom. The van der Waals surface area contributed by atoms with Crippen LogP contribution in [0.5, 0.6) is 11.5 Å². The molecule has 1 atom stereocenters. The number of hydrogen-bond donors (Lipinski definition) is 3. The fourth-order valence-corrected chi connectivity index (χ4v) is 3.77. The number of carbonyl (C=O) groups excluding carboxylic acids is 1. The summed E-state index contributed by atoms with van der Waals surface area (Å²) in [5.74, 6) is -0.855. The van der Waals surface area contributed by atoms with Crippen molar-refractivity contribution in [3.63, 3.8) is 0 Å². The quantitative estimate of drug-likeness (QED) is 0.730. The van der Waals surface area contributed by atoms with Gasteiger partial charge in [0.05, 0.1) is 11.5 Å². The van der Waals surface area contributed by atoms with Crippen molar-refractivity contribution >= 4 is 15.7 Å². The number of phenolic OH excluding ortho intramolecular Hbond substituents is 2. The van der Waals surface area contributed by atoms with Crippen LogP contribution in [0.1, 0.15) is 23.2 Å². The summed E-state index contributed by atoms with van der Waals surface area (Å²) in [4.78, 5) is 11.9. The SMILES string of the molecule is O=C(NC1CCCS(=O)(=O)C1)c1cc(O)cc(O)c1. The largest absolute Gasteiger partial charge is 0.508 e. The van der Waals surface area contributed by atoms with Crippen molar-refractivity contribution in [2.24, 2.45) is 0 Å². The van der Waals surface area contributed by atoms with Gasteiger partial charge in [0.25, 0.3) is 5.91 Å². The van der Waals surface area contributed by atoms with E-state index in [-0.39, 0.29) is 28.6 Å². The van der Waals surface area contributed by atoms with E-state index in [0.717, 1.165) is 6.07 Å². The maximum absolute atomic E-state index is 11.9. The molecule has 0 spiro atoms. The molecule has 2 rings (SSSR count). The van der Waals surface area contributed by atoms with Gasteiger partial charge < -0.3 is 15.5 Å². The van der Waals surface area contributed by atoms with Crippen LogP contribution >= 0.6 is 0 Å². The van der Waals surface area contributed by atoms with E-state index in [0.29, 0.717) is 12.8 Å². The van der Waals surface area contributed by atoms with Gasteiger partial charge in [-0.3, -0.25) is 4.79 Å². The van der Waals surface area contributed by atoms with Crippen LogP contribution in [0.4, 0.5) is 0 Å². The maximum Gasteiger partial charge on any atom is 0.251 e. The van der Waals surface area contributed by atoms with Crippen molar-refractivity contribution in [2.75, 3.05) is 11.5 Å². The van der Waals surface area contributed by atoms with Crippen molar-refractivity contribution in [1.29, 1.82) is 0 Å². The van der Waals surface area contributed by atoms with Gasteiger partial charge in [-0.05, 0) is 25.0 Å². The molecule has 0 aliphatic carbocycles. The lowest BCUT2D eigenvalue weighted by Gasteiger charge is -2.23. The van der Waals surface area contributed by atoms with Crippen molar-refractivity contribution in [1.82, 2.24) is 5.32 Å². The Bertz CT molecular complexity index is 576. The second-order valence-corrected chi connectivity index (χ2v) is 6.89. The van der Waals surface area contributed by atoms with E-state index >= 15 is 0 Å². The molecule has 104 valence electrons. The molecule has 1 aliphatic rings. The molecule has 1 unspecified atom stereocenters. The van der Waals surface area contributed by atoms with Crippen LogP contribution in [0.15, 0.2) is 18.2 Å². The van der Waals surface area contributed by atoms with Gasteiger partial charge in [0, 0.05) is 17.7 Å². The van der Waals surface area contributed by atoms with Crippen LogP contribution in [-0.4, -0.2) is 42.1 Å². The minimum absolute atomic E-state index is 0.0659. The number of nitrogens with one attached hydrogen (secondary N) is 1. The Hall–Kier alpha value is -1.76. The molecule has 1 aromatic rings. The first-order valence-electron chi connectivity index (χ1n) is 5.90. The van der Waals surface area contributed by atoms with Gasteiger partial charge in [-0.15, -0.1) is 0 Å². The Kier molecular flexibility index (Phi) is 3.66. The van der Waals surface area contributed by atoms with E-state index in [1.807, 2.05) is 0 Å². The van der Waals surface area contributed by atoms with E-state index in [2.05, 4.69) is 5.32 Å². The molecule has 1 fully saturated rings. The first-order valence-corrected chi connectivity index (χ1v) is 7.72. The Morgan fingerprint density at radius 1 is 1.21 bits per heavy atom. The highest BCUT2D eigenvalue weighted by atomic mass is 32.2. The topological polar surface area (TPSA) is 104 Å². The van der Waals surface area contributed by atoms with Crippen LogP contribution in [0, 0.1) is 0 Å². The molecule has 0 saturated carbocycles. The summed E-state index contributed by atoms with van der Waals surface area (Å²) in [5, 5.41) is 21.2. The number of sulfone groups is 1. The minimum Gasteiger partial charge on any atom is -0.508 e. The molecule has 1 aromatic carbocycles. The molecule has 3 N–H and O–H groups in total. The molecule has 0 aromatic heterocycles. The lowest BCUT2D eigenvalue weighted by molar-refractivity contribution is 0.0937. The molecule has 0 radical (unpaired) electrons. The van der Waals surface area contributed by atoms with Crippen LogP contribution in [0.3, 0.4) is 0 Å². The van der Waals surface area contributed by atoms with Crippen molar-refractivity contribution in [3.8, 4) is 11.5 Å². The smallest absolute Gasteiger partial charge is 0.251 e. The summed E-state index contributed by atoms with van der Waals surface area (Å²) in [6.07, 6.45) is 1.13. The third-order valence-corrected chi connectivity index (χ3v) is 4.78. The van der Waals surface area contributed by atoms with Crippen LogP contribution in [0.25, 0.3) is 0 Å². The van der Waals surface area contributed by atoms with E-state index in [9.17, 15) is 23.4 Å². The van der Waals surface area contributed by atoms with Gasteiger partial charge in [-0.25, -0.2) is 8.42 Å². The molecule has 1 aliphatic heterocycles. The predicted octanol–water partition coefficient (Wildman–Crippen LogP) is 0.405. The van der Waals surface area contributed by atoms with Gasteiger partial charge in [0.15, 0.2) is 9.84 Å². The average Bonchev–Trinajstić information content (AvgIpc) is 2.26. The number of hydrogen-bond acceptors (Lipinski definition) is 5. The Balaban J connectivity index is 2.08. The summed E-state index contributed by atoms with van der Waals surface area (Å²) in [6, 6.07) is 3.12. The van der Waals surface area contributed by atoms with Gasteiger partial charge in [-0.1, -0.05) is 0 Å². The molecular weight excluding hydrogens is 270 g/mol. The molecule has 1 saturated heterocycles. The summed E-state index contributed by atoms with van der Waals surface area (Å²) in [7, 11) is -3.09. The lowest BCUT2D eigenvalue weighted by Crippen LogP contribution is -2.43. The van der Waals surface area contributed by atoms with E-state index in [1.165, 1.54) is 12.1 Å².